The molecule has 6 nitrogen and oxygen atoms in total. The number of hydrogen-bond acceptors (Lipinski definition) is 4. The van der Waals surface area contributed by atoms with E-state index in [1.54, 1.807) is 36.1 Å². The average molecular weight is 434 g/mol. The summed E-state index contributed by atoms with van der Waals surface area (Å²) in [6, 6.07) is 10.8. The van der Waals surface area contributed by atoms with Gasteiger partial charge in [-0.15, -0.1) is 0 Å². The molecule has 1 atom stereocenters. The van der Waals surface area contributed by atoms with Crippen LogP contribution >= 0.6 is 0 Å². The molecule has 0 aliphatic carbocycles. The Balaban J connectivity index is 1.74. The summed E-state index contributed by atoms with van der Waals surface area (Å²) in [7, 11) is -3.65. The number of nitrogens with zero attached hydrogens (tertiary/aromatic N) is 3. The molecule has 1 amide bonds. The molecule has 2 aromatic carbocycles. The van der Waals surface area contributed by atoms with Crippen molar-refractivity contribution in [2.75, 3.05) is 41.6 Å². The van der Waals surface area contributed by atoms with Gasteiger partial charge in [-0.3, -0.25) is 9.10 Å². The smallest absolute Gasteiger partial charge is 0.246 e. The van der Waals surface area contributed by atoms with Crippen molar-refractivity contribution in [3.05, 3.63) is 59.4 Å². The summed E-state index contributed by atoms with van der Waals surface area (Å²) in [5, 5.41) is 0. The van der Waals surface area contributed by atoms with Gasteiger partial charge in [-0.25, -0.2) is 12.8 Å². The van der Waals surface area contributed by atoms with Crippen LogP contribution in [0.4, 0.5) is 15.8 Å². The second kappa shape index (κ2) is 8.63. The van der Waals surface area contributed by atoms with E-state index in [-0.39, 0.29) is 11.7 Å². The minimum atomic E-state index is -3.65. The van der Waals surface area contributed by atoms with Gasteiger partial charge in [-0.1, -0.05) is 6.07 Å². The summed E-state index contributed by atoms with van der Waals surface area (Å²) in [4.78, 5) is 16.9. The first kappa shape index (κ1) is 22.1. The van der Waals surface area contributed by atoms with Crippen molar-refractivity contribution < 1.29 is 17.6 Å². The van der Waals surface area contributed by atoms with Gasteiger partial charge in [0.1, 0.15) is 11.9 Å². The third-order valence-electron chi connectivity index (χ3n) is 5.59. The van der Waals surface area contributed by atoms with Crippen molar-refractivity contribution in [2.45, 2.75) is 26.8 Å². The van der Waals surface area contributed by atoms with Crippen LogP contribution < -0.4 is 9.21 Å². The molecule has 0 radical (unpaired) electrons. The molecule has 0 unspecified atom stereocenters. The highest BCUT2D eigenvalue weighted by molar-refractivity contribution is 7.92. The normalized spacial score (nSPS) is 15.8. The van der Waals surface area contributed by atoms with Gasteiger partial charge in [0.15, 0.2) is 0 Å². The van der Waals surface area contributed by atoms with Crippen molar-refractivity contribution in [3.8, 4) is 0 Å². The number of amides is 1. The maximum absolute atomic E-state index is 13.2. The molecule has 1 aliphatic rings. The van der Waals surface area contributed by atoms with Crippen LogP contribution in [0.25, 0.3) is 0 Å². The van der Waals surface area contributed by atoms with E-state index in [1.165, 1.54) is 16.4 Å². The lowest BCUT2D eigenvalue weighted by Crippen LogP contribution is -2.55. The van der Waals surface area contributed by atoms with Gasteiger partial charge in [0, 0.05) is 31.9 Å². The SMILES string of the molecule is Cc1ccc(N([C@H](C)C(=O)N2CCN(c3ccc(F)cc3)CC2)S(C)(=O)=O)cc1C. The Kier molecular flexibility index (Phi) is 6.36. The fraction of sp³-hybridized carbons (Fsp3) is 0.409. The van der Waals surface area contributed by atoms with E-state index in [2.05, 4.69) is 4.90 Å². The van der Waals surface area contributed by atoms with Crippen molar-refractivity contribution in [1.82, 2.24) is 4.90 Å². The summed E-state index contributed by atoms with van der Waals surface area (Å²) in [5.74, 6) is -0.508. The number of anilines is 2. The number of hydrogen-bond donors (Lipinski definition) is 0. The lowest BCUT2D eigenvalue weighted by Gasteiger charge is -2.39. The van der Waals surface area contributed by atoms with Crippen LogP contribution in [0.5, 0.6) is 0 Å². The molecule has 8 heteroatoms. The number of rotatable bonds is 5. The molecule has 3 rings (SSSR count). The molecule has 1 heterocycles. The van der Waals surface area contributed by atoms with Crippen molar-refractivity contribution in [1.29, 1.82) is 0 Å². The third-order valence-corrected chi connectivity index (χ3v) is 6.84. The van der Waals surface area contributed by atoms with Crippen LogP contribution in [0.2, 0.25) is 0 Å². The van der Waals surface area contributed by atoms with Gasteiger partial charge in [-0.05, 0) is 68.3 Å². The Morgan fingerprint density at radius 2 is 1.60 bits per heavy atom. The van der Waals surface area contributed by atoms with Gasteiger partial charge in [0.05, 0.1) is 11.9 Å². The number of carbonyl (C=O) groups is 1. The minimum Gasteiger partial charge on any atom is -0.368 e. The minimum absolute atomic E-state index is 0.225. The van der Waals surface area contributed by atoms with Crippen LogP contribution in [0.1, 0.15) is 18.1 Å². The highest BCUT2D eigenvalue weighted by Crippen LogP contribution is 2.25. The summed E-state index contributed by atoms with van der Waals surface area (Å²) in [5.41, 5.74) is 3.42. The largest absolute Gasteiger partial charge is 0.368 e. The second-order valence-corrected chi connectivity index (χ2v) is 9.65. The van der Waals surface area contributed by atoms with E-state index in [1.807, 2.05) is 19.9 Å². The Labute approximate surface area is 177 Å². The Bertz CT molecular complexity index is 1020. The topological polar surface area (TPSA) is 60.9 Å². The molecule has 1 fully saturated rings. The molecule has 0 bridgehead atoms. The zero-order chi connectivity index (χ0) is 22.1. The molecule has 1 aliphatic heterocycles. The molecule has 162 valence electrons. The van der Waals surface area contributed by atoms with E-state index in [4.69, 9.17) is 0 Å². The van der Waals surface area contributed by atoms with Gasteiger partial charge in [0.25, 0.3) is 0 Å². The van der Waals surface area contributed by atoms with Crippen LogP contribution in [0, 0.1) is 19.7 Å². The maximum Gasteiger partial charge on any atom is 0.246 e. The summed E-state index contributed by atoms with van der Waals surface area (Å²) in [6.45, 7) is 7.67. The summed E-state index contributed by atoms with van der Waals surface area (Å²) in [6.07, 6.45) is 1.12. The predicted octanol–water partition coefficient (Wildman–Crippen LogP) is 2.95. The number of sulfonamides is 1. The number of piperazine rings is 1. The first-order valence-electron chi connectivity index (χ1n) is 9.94. The van der Waals surface area contributed by atoms with Crippen LogP contribution in [0.15, 0.2) is 42.5 Å². The highest BCUT2D eigenvalue weighted by atomic mass is 32.2. The summed E-state index contributed by atoms with van der Waals surface area (Å²) < 4.78 is 39.4. The van der Waals surface area contributed by atoms with Gasteiger partial charge in [-0.2, -0.15) is 0 Å². The average Bonchev–Trinajstić information content (AvgIpc) is 2.70. The van der Waals surface area contributed by atoms with Crippen LogP contribution in [-0.2, 0) is 14.8 Å². The quantitative estimate of drug-likeness (QED) is 0.728. The lowest BCUT2D eigenvalue weighted by atomic mass is 10.1. The van der Waals surface area contributed by atoms with Crippen LogP contribution in [0.3, 0.4) is 0 Å². The molecule has 1 saturated heterocycles. The molecule has 30 heavy (non-hydrogen) atoms. The van der Waals surface area contributed by atoms with E-state index < -0.39 is 16.1 Å². The Morgan fingerprint density at radius 3 is 2.13 bits per heavy atom. The van der Waals surface area contributed by atoms with Gasteiger partial charge in [0.2, 0.25) is 15.9 Å². The van der Waals surface area contributed by atoms with Crippen molar-refractivity contribution >= 4 is 27.3 Å². The fourth-order valence-electron chi connectivity index (χ4n) is 3.77. The first-order valence-corrected chi connectivity index (χ1v) is 11.8. The standard InChI is InChI=1S/C22H28FN3O3S/c1-16-5-8-21(15-17(16)2)26(30(4,28)29)18(3)22(27)25-13-11-24(12-14-25)20-9-6-19(23)7-10-20/h5-10,15,18H,11-14H2,1-4H3/t18-/m1/s1. The van der Waals surface area contributed by atoms with Crippen molar-refractivity contribution in [2.24, 2.45) is 0 Å². The monoisotopic (exact) mass is 433 g/mol. The Hall–Kier alpha value is -2.61. The third kappa shape index (κ3) is 4.75. The number of halogens is 1. The molecule has 0 saturated carbocycles. The molecule has 2 aromatic rings. The van der Waals surface area contributed by atoms with E-state index in [0.29, 0.717) is 31.9 Å². The number of benzene rings is 2. The molecular weight excluding hydrogens is 405 g/mol. The van der Waals surface area contributed by atoms with E-state index >= 15 is 0 Å². The lowest BCUT2D eigenvalue weighted by molar-refractivity contribution is -0.132. The maximum atomic E-state index is 13.2. The number of carbonyl (C=O) groups excluding carboxylic acids is 1. The molecule has 0 spiro atoms. The van der Waals surface area contributed by atoms with E-state index in [0.717, 1.165) is 23.1 Å². The van der Waals surface area contributed by atoms with Crippen LogP contribution in [-0.4, -0.2) is 57.7 Å². The summed E-state index contributed by atoms with van der Waals surface area (Å²) >= 11 is 0. The zero-order valence-corrected chi connectivity index (χ0v) is 18.6. The second-order valence-electron chi connectivity index (χ2n) is 7.79. The van der Waals surface area contributed by atoms with Crippen molar-refractivity contribution in [3.63, 3.8) is 0 Å². The zero-order valence-electron chi connectivity index (χ0n) is 17.8. The predicted molar refractivity (Wildman–Crippen MR) is 118 cm³/mol. The van der Waals surface area contributed by atoms with E-state index in [9.17, 15) is 17.6 Å². The highest BCUT2D eigenvalue weighted by Gasteiger charge is 2.33. The van der Waals surface area contributed by atoms with Gasteiger partial charge >= 0.3 is 0 Å². The number of aryl methyl sites for hydroxylation is 2. The first-order chi connectivity index (χ1) is 14.1. The molecular formula is C22H28FN3O3S. The molecule has 0 aromatic heterocycles. The molecule has 0 N–H and O–H groups in total. The fourth-order valence-corrected chi connectivity index (χ4v) is 4.93. The van der Waals surface area contributed by atoms with Gasteiger partial charge < -0.3 is 9.80 Å². The Morgan fingerprint density at radius 1 is 1.00 bits per heavy atom.